The van der Waals surface area contributed by atoms with Crippen molar-refractivity contribution in [1.82, 2.24) is 14.8 Å². The molecule has 0 atom stereocenters. The van der Waals surface area contributed by atoms with Gasteiger partial charge in [-0.3, -0.25) is 19.9 Å². The Kier molecular flexibility index (Phi) is 3.79. The Morgan fingerprint density at radius 1 is 1.13 bits per heavy atom. The van der Waals surface area contributed by atoms with Crippen molar-refractivity contribution in [2.75, 3.05) is 5.32 Å². The highest BCUT2D eigenvalue weighted by molar-refractivity contribution is 6.03. The maximum absolute atomic E-state index is 12.2. The van der Waals surface area contributed by atoms with E-state index < -0.39 is 4.92 Å². The van der Waals surface area contributed by atoms with Crippen LogP contribution >= 0.6 is 0 Å². The molecule has 0 bridgehead atoms. The summed E-state index contributed by atoms with van der Waals surface area (Å²) in [7, 11) is 0. The lowest BCUT2D eigenvalue weighted by Crippen LogP contribution is -2.15. The third-order valence-electron chi connectivity index (χ3n) is 3.11. The minimum absolute atomic E-state index is 0.0122. The third-order valence-corrected chi connectivity index (χ3v) is 3.11. The molecule has 0 aliphatic rings. The fraction of sp³-hybridized carbons (Fsp3) is 0. The quantitative estimate of drug-likeness (QED) is 0.589. The van der Waals surface area contributed by atoms with E-state index in [0.717, 1.165) is 0 Å². The molecule has 0 saturated carbocycles. The van der Waals surface area contributed by atoms with Crippen LogP contribution in [0.2, 0.25) is 0 Å². The van der Waals surface area contributed by atoms with Gasteiger partial charge in [-0.2, -0.15) is 5.10 Å². The number of pyridine rings is 1. The van der Waals surface area contributed by atoms with Gasteiger partial charge >= 0.3 is 0 Å². The maximum atomic E-state index is 12.2. The lowest BCUT2D eigenvalue weighted by atomic mass is 10.2. The van der Waals surface area contributed by atoms with Crippen LogP contribution in [0.5, 0.6) is 0 Å². The molecular weight excluding hydrogens is 298 g/mol. The van der Waals surface area contributed by atoms with Crippen molar-refractivity contribution in [2.24, 2.45) is 0 Å². The molecule has 0 spiro atoms. The number of rotatable bonds is 4. The van der Waals surface area contributed by atoms with Crippen molar-refractivity contribution in [3.05, 3.63) is 76.7 Å². The molecule has 3 aromatic rings. The van der Waals surface area contributed by atoms with Crippen LogP contribution in [0, 0.1) is 10.1 Å². The number of benzene rings is 1. The maximum Gasteiger partial charge on any atom is 0.269 e. The highest BCUT2D eigenvalue weighted by Gasteiger charge is 2.12. The molecule has 2 heterocycles. The predicted molar refractivity (Wildman–Crippen MR) is 82.4 cm³/mol. The third kappa shape index (κ3) is 3.05. The lowest BCUT2D eigenvalue weighted by Gasteiger charge is -2.08. The molecule has 0 aliphatic heterocycles. The van der Waals surface area contributed by atoms with Crippen LogP contribution in [0.15, 0.2) is 61.1 Å². The summed E-state index contributed by atoms with van der Waals surface area (Å²) in [5.74, 6) is 0.134. The Morgan fingerprint density at radius 3 is 2.57 bits per heavy atom. The average molecular weight is 309 g/mol. The zero-order chi connectivity index (χ0) is 16.2. The number of amides is 1. The molecule has 0 fully saturated rings. The first kappa shape index (κ1) is 14.4. The number of hydrogen-bond acceptors (Lipinski definition) is 5. The number of nitrogens with one attached hydrogen (secondary N) is 1. The molecule has 0 radical (unpaired) electrons. The fourth-order valence-corrected chi connectivity index (χ4v) is 2.00. The first-order valence-electron chi connectivity index (χ1n) is 6.65. The Labute approximate surface area is 130 Å². The van der Waals surface area contributed by atoms with Gasteiger partial charge in [-0.15, -0.1) is 0 Å². The molecule has 1 aromatic carbocycles. The van der Waals surface area contributed by atoms with Crippen molar-refractivity contribution >= 4 is 17.4 Å². The molecule has 0 aliphatic carbocycles. The number of non-ortho nitro benzene ring substituents is 1. The summed E-state index contributed by atoms with van der Waals surface area (Å²) in [4.78, 5) is 26.3. The summed E-state index contributed by atoms with van der Waals surface area (Å²) in [6.45, 7) is 0. The second kappa shape index (κ2) is 6.06. The van der Waals surface area contributed by atoms with E-state index in [1.165, 1.54) is 29.2 Å². The van der Waals surface area contributed by atoms with Crippen LogP contribution < -0.4 is 5.32 Å². The van der Waals surface area contributed by atoms with E-state index in [-0.39, 0.29) is 11.6 Å². The van der Waals surface area contributed by atoms with Crippen LogP contribution in [-0.4, -0.2) is 25.6 Å². The van der Waals surface area contributed by atoms with E-state index >= 15 is 0 Å². The second-order valence-corrected chi connectivity index (χ2v) is 4.60. The summed E-state index contributed by atoms with van der Waals surface area (Å²) in [6.07, 6.45) is 4.57. The van der Waals surface area contributed by atoms with Gasteiger partial charge in [0, 0.05) is 30.6 Å². The lowest BCUT2D eigenvalue weighted by molar-refractivity contribution is -0.384. The van der Waals surface area contributed by atoms with E-state index in [2.05, 4.69) is 15.4 Å². The molecule has 8 nitrogen and oxygen atoms in total. The Hall–Kier alpha value is -3.55. The molecule has 1 amide bonds. The highest BCUT2D eigenvalue weighted by Crippen LogP contribution is 2.19. The van der Waals surface area contributed by atoms with E-state index in [1.54, 1.807) is 36.5 Å². The first-order chi connectivity index (χ1) is 11.1. The summed E-state index contributed by atoms with van der Waals surface area (Å²) < 4.78 is 1.48. The van der Waals surface area contributed by atoms with Crippen molar-refractivity contribution in [3.8, 4) is 5.69 Å². The van der Waals surface area contributed by atoms with Gasteiger partial charge in [-0.05, 0) is 24.3 Å². The minimum Gasteiger partial charge on any atom is -0.306 e. The summed E-state index contributed by atoms with van der Waals surface area (Å²) in [6, 6.07) is 10.8. The van der Waals surface area contributed by atoms with E-state index in [1.807, 2.05) is 0 Å². The Balaban J connectivity index is 1.85. The number of nitro benzene ring substituents is 1. The first-order valence-corrected chi connectivity index (χ1v) is 6.65. The van der Waals surface area contributed by atoms with Gasteiger partial charge in [0.1, 0.15) is 5.82 Å². The van der Waals surface area contributed by atoms with E-state index in [9.17, 15) is 14.9 Å². The predicted octanol–water partition coefficient (Wildman–Crippen LogP) is 2.43. The summed E-state index contributed by atoms with van der Waals surface area (Å²) in [5.41, 5.74) is 1.01. The molecule has 114 valence electrons. The van der Waals surface area contributed by atoms with Crippen molar-refractivity contribution in [3.63, 3.8) is 0 Å². The van der Waals surface area contributed by atoms with Crippen LogP contribution in [0.3, 0.4) is 0 Å². The fourth-order valence-electron chi connectivity index (χ4n) is 2.00. The van der Waals surface area contributed by atoms with Crippen LogP contribution in [0.4, 0.5) is 11.5 Å². The average Bonchev–Trinajstić information content (AvgIpc) is 3.04. The summed E-state index contributed by atoms with van der Waals surface area (Å²) >= 11 is 0. The molecule has 3 rings (SSSR count). The van der Waals surface area contributed by atoms with Gasteiger partial charge in [-0.25, -0.2) is 4.68 Å². The van der Waals surface area contributed by atoms with Crippen LogP contribution in [-0.2, 0) is 0 Å². The van der Waals surface area contributed by atoms with Gasteiger partial charge in [0.15, 0.2) is 0 Å². The smallest absolute Gasteiger partial charge is 0.269 e. The number of carbonyl (C=O) groups excluding carboxylic acids is 1. The SMILES string of the molecule is O=C(Nc1ccnn1-c1ccc([N+](=O)[O-])cc1)c1cccnc1. The van der Waals surface area contributed by atoms with Gasteiger partial charge in [0.25, 0.3) is 11.6 Å². The monoisotopic (exact) mass is 309 g/mol. The van der Waals surface area contributed by atoms with E-state index in [4.69, 9.17) is 0 Å². The van der Waals surface area contributed by atoms with E-state index in [0.29, 0.717) is 17.1 Å². The van der Waals surface area contributed by atoms with Gasteiger partial charge in [-0.1, -0.05) is 0 Å². The highest BCUT2D eigenvalue weighted by atomic mass is 16.6. The molecular formula is C15H11N5O3. The van der Waals surface area contributed by atoms with Crippen molar-refractivity contribution < 1.29 is 9.72 Å². The second-order valence-electron chi connectivity index (χ2n) is 4.60. The number of aromatic nitrogens is 3. The van der Waals surface area contributed by atoms with Crippen molar-refractivity contribution in [1.29, 1.82) is 0 Å². The largest absolute Gasteiger partial charge is 0.306 e. The molecule has 8 heteroatoms. The van der Waals surface area contributed by atoms with Gasteiger partial charge in [0.05, 0.1) is 22.4 Å². The number of anilines is 1. The number of nitrogens with zero attached hydrogens (tertiary/aromatic N) is 4. The van der Waals surface area contributed by atoms with Gasteiger partial charge in [0.2, 0.25) is 0 Å². The molecule has 0 unspecified atom stereocenters. The van der Waals surface area contributed by atoms with Crippen LogP contribution in [0.1, 0.15) is 10.4 Å². The normalized spacial score (nSPS) is 10.3. The molecule has 23 heavy (non-hydrogen) atoms. The number of hydrogen-bond donors (Lipinski definition) is 1. The van der Waals surface area contributed by atoms with Crippen molar-refractivity contribution in [2.45, 2.75) is 0 Å². The topological polar surface area (TPSA) is 103 Å². The Bertz CT molecular complexity index is 843. The standard InChI is InChI=1S/C15H11N5O3/c21-15(11-2-1-8-16-10-11)18-14-7-9-17-19(14)12-3-5-13(6-4-12)20(22)23/h1-10H,(H,18,21). The molecule has 2 aromatic heterocycles. The molecule has 1 N–H and O–H groups in total. The Morgan fingerprint density at radius 2 is 1.91 bits per heavy atom. The minimum atomic E-state index is -0.474. The summed E-state index contributed by atoms with van der Waals surface area (Å²) in [5, 5.41) is 17.5. The zero-order valence-corrected chi connectivity index (χ0v) is 11.8. The number of nitro groups is 1. The zero-order valence-electron chi connectivity index (χ0n) is 11.8. The van der Waals surface area contributed by atoms with Crippen LogP contribution in [0.25, 0.3) is 5.69 Å². The van der Waals surface area contributed by atoms with Gasteiger partial charge < -0.3 is 5.32 Å². The number of carbonyl (C=O) groups is 1. The molecule has 0 saturated heterocycles.